The van der Waals surface area contributed by atoms with E-state index in [2.05, 4.69) is 16.3 Å². The third-order valence-corrected chi connectivity index (χ3v) is 4.35. The molecule has 0 bridgehead atoms. The van der Waals surface area contributed by atoms with Gasteiger partial charge >= 0.3 is 0 Å². The molecule has 21 heavy (non-hydrogen) atoms. The van der Waals surface area contributed by atoms with Crippen molar-refractivity contribution in [2.24, 2.45) is 5.92 Å². The molecule has 0 saturated carbocycles. The molecule has 5 heteroatoms. The molecule has 2 rings (SSSR count). The molecule has 1 unspecified atom stereocenters. The maximum Gasteiger partial charge on any atom is 0.0587 e. The molecule has 2 N–H and O–H groups in total. The maximum atomic E-state index is 9.40. The van der Waals surface area contributed by atoms with Crippen LogP contribution in [0.4, 0.5) is 5.69 Å². The first kappa shape index (κ1) is 16.6. The van der Waals surface area contributed by atoms with Gasteiger partial charge in [-0.05, 0) is 30.9 Å². The van der Waals surface area contributed by atoms with Gasteiger partial charge in [0.2, 0.25) is 0 Å². The number of nitrogens with zero attached hydrogens (tertiary/aromatic N) is 1. The van der Waals surface area contributed by atoms with Crippen LogP contribution in [0.3, 0.4) is 0 Å². The zero-order valence-electron chi connectivity index (χ0n) is 12.6. The molecule has 0 amide bonds. The van der Waals surface area contributed by atoms with Crippen molar-refractivity contribution in [3.8, 4) is 0 Å². The second-order valence-electron chi connectivity index (χ2n) is 5.54. The zero-order valence-corrected chi connectivity index (χ0v) is 13.4. The highest BCUT2D eigenvalue weighted by molar-refractivity contribution is 6.31. The predicted octanol–water partition coefficient (Wildman–Crippen LogP) is 2.28. The van der Waals surface area contributed by atoms with Crippen molar-refractivity contribution in [3.63, 3.8) is 0 Å². The van der Waals surface area contributed by atoms with E-state index in [0.29, 0.717) is 12.5 Å². The molecule has 4 nitrogen and oxygen atoms in total. The van der Waals surface area contributed by atoms with Gasteiger partial charge in [-0.3, -0.25) is 0 Å². The van der Waals surface area contributed by atoms with Gasteiger partial charge in [-0.15, -0.1) is 0 Å². The first-order valence-corrected chi connectivity index (χ1v) is 7.97. The molecular formula is C16H25ClN2O2. The van der Waals surface area contributed by atoms with Crippen LogP contribution in [0.15, 0.2) is 18.2 Å². The molecule has 118 valence electrons. The quantitative estimate of drug-likeness (QED) is 0.758. The average Bonchev–Trinajstić information content (AvgIpc) is 2.52. The summed E-state index contributed by atoms with van der Waals surface area (Å²) in [4.78, 5) is 2.35. The first-order chi connectivity index (χ1) is 10.3. The lowest BCUT2D eigenvalue weighted by Crippen LogP contribution is -2.37. The molecule has 1 aromatic rings. The van der Waals surface area contributed by atoms with Crippen molar-refractivity contribution >= 4 is 17.3 Å². The van der Waals surface area contributed by atoms with Crippen molar-refractivity contribution < 1.29 is 9.84 Å². The highest BCUT2D eigenvalue weighted by Gasteiger charge is 2.21. The Balaban J connectivity index is 2.08. The lowest BCUT2D eigenvalue weighted by Gasteiger charge is -2.35. The number of hydrogen-bond donors (Lipinski definition) is 2. The number of rotatable bonds is 7. The summed E-state index contributed by atoms with van der Waals surface area (Å²) in [6.07, 6.45) is 2.23. The molecule has 1 saturated heterocycles. The Bertz CT molecular complexity index is 442. The van der Waals surface area contributed by atoms with E-state index in [1.54, 1.807) is 7.11 Å². The number of piperidine rings is 1. The summed E-state index contributed by atoms with van der Waals surface area (Å²) in [5.74, 6) is 0.368. The summed E-state index contributed by atoms with van der Waals surface area (Å²) in [5, 5.41) is 13.6. The van der Waals surface area contributed by atoms with Gasteiger partial charge < -0.3 is 20.1 Å². The molecule has 0 aromatic heterocycles. The van der Waals surface area contributed by atoms with Crippen molar-refractivity contribution in [2.45, 2.75) is 19.4 Å². The predicted molar refractivity (Wildman–Crippen MR) is 87.1 cm³/mol. The van der Waals surface area contributed by atoms with Gasteiger partial charge in [0, 0.05) is 56.2 Å². The fourth-order valence-electron chi connectivity index (χ4n) is 2.84. The van der Waals surface area contributed by atoms with Crippen LogP contribution in [0, 0.1) is 5.92 Å². The second kappa shape index (κ2) is 8.59. The Morgan fingerprint density at radius 3 is 3.10 bits per heavy atom. The summed E-state index contributed by atoms with van der Waals surface area (Å²) < 4.78 is 5.05. The van der Waals surface area contributed by atoms with Gasteiger partial charge in [0.25, 0.3) is 0 Å². The van der Waals surface area contributed by atoms with E-state index in [4.69, 9.17) is 16.3 Å². The van der Waals surface area contributed by atoms with E-state index >= 15 is 0 Å². The topological polar surface area (TPSA) is 44.7 Å². The molecule has 1 atom stereocenters. The maximum absolute atomic E-state index is 9.40. The summed E-state index contributed by atoms with van der Waals surface area (Å²) in [6.45, 7) is 4.43. The minimum Gasteiger partial charge on any atom is -0.396 e. The molecule has 0 spiro atoms. The number of anilines is 1. The smallest absolute Gasteiger partial charge is 0.0587 e. The van der Waals surface area contributed by atoms with E-state index < -0.39 is 0 Å². The number of benzene rings is 1. The Kier molecular flexibility index (Phi) is 6.77. The van der Waals surface area contributed by atoms with Crippen LogP contribution in [0.5, 0.6) is 0 Å². The molecule has 1 aromatic carbocycles. The third-order valence-electron chi connectivity index (χ3n) is 4.00. The lowest BCUT2D eigenvalue weighted by molar-refractivity contribution is 0.199. The van der Waals surface area contributed by atoms with Gasteiger partial charge in [-0.2, -0.15) is 0 Å². The molecule has 0 aliphatic carbocycles. The summed E-state index contributed by atoms with van der Waals surface area (Å²) >= 11 is 6.38. The number of nitrogens with one attached hydrogen (secondary N) is 1. The normalized spacial score (nSPS) is 19.0. The van der Waals surface area contributed by atoms with Crippen LogP contribution in [0.2, 0.25) is 5.02 Å². The molecular weight excluding hydrogens is 288 g/mol. The van der Waals surface area contributed by atoms with E-state index in [1.165, 1.54) is 5.69 Å². The first-order valence-electron chi connectivity index (χ1n) is 7.59. The summed E-state index contributed by atoms with van der Waals surface area (Å²) in [5.41, 5.74) is 2.32. The molecule has 0 radical (unpaired) electrons. The van der Waals surface area contributed by atoms with Gasteiger partial charge in [0.1, 0.15) is 0 Å². The minimum absolute atomic E-state index is 0.262. The highest BCUT2D eigenvalue weighted by Crippen LogP contribution is 2.30. The Morgan fingerprint density at radius 2 is 2.33 bits per heavy atom. The van der Waals surface area contributed by atoms with Crippen molar-refractivity contribution in [1.29, 1.82) is 0 Å². The van der Waals surface area contributed by atoms with Crippen LogP contribution in [0.25, 0.3) is 0 Å². The Labute approximate surface area is 132 Å². The lowest BCUT2D eigenvalue weighted by atomic mass is 9.97. The number of aliphatic hydroxyl groups excluding tert-OH is 1. The monoisotopic (exact) mass is 312 g/mol. The van der Waals surface area contributed by atoms with Crippen LogP contribution in [0.1, 0.15) is 18.4 Å². The summed E-state index contributed by atoms with van der Waals surface area (Å²) in [6, 6.07) is 6.06. The third kappa shape index (κ3) is 4.58. The van der Waals surface area contributed by atoms with Crippen molar-refractivity contribution in [3.05, 3.63) is 28.8 Å². The standard InChI is InChI=1S/C16H25ClN2O2/c1-21-9-7-18-10-14-15(17)5-2-6-16(14)19-8-3-4-13(11-19)12-20/h2,5-6,13,18,20H,3-4,7-12H2,1H3. The number of aliphatic hydroxyl groups is 1. The van der Waals surface area contributed by atoms with E-state index in [1.807, 2.05) is 12.1 Å². The number of ether oxygens (including phenoxy) is 1. The van der Waals surface area contributed by atoms with Crippen LogP contribution in [-0.4, -0.2) is 45.1 Å². The molecule has 1 aliphatic rings. The van der Waals surface area contributed by atoms with E-state index in [-0.39, 0.29) is 6.61 Å². The number of methoxy groups -OCH3 is 1. The highest BCUT2D eigenvalue weighted by atomic mass is 35.5. The SMILES string of the molecule is COCCNCc1c(Cl)cccc1N1CCCC(CO)C1. The molecule has 1 heterocycles. The van der Waals surface area contributed by atoms with Crippen LogP contribution >= 0.6 is 11.6 Å². The van der Waals surface area contributed by atoms with Crippen LogP contribution < -0.4 is 10.2 Å². The van der Waals surface area contributed by atoms with Gasteiger partial charge in [-0.1, -0.05) is 17.7 Å². The zero-order chi connectivity index (χ0) is 15.1. The van der Waals surface area contributed by atoms with E-state index in [9.17, 15) is 5.11 Å². The van der Waals surface area contributed by atoms with E-state index in [0.717, 1.165) is 49.6 Å². The van der Waals surface area contributed by atoms with Crippen molar-refractivity contribution in [2.75, 3.05) is 44.9 Å². The van der Waals surface area contributed by atoms with Crippen molar-refractivity contribution in [1.82, 2.24) is 5.32 Å². The largest absolute Gasteiger partial charge is 0.396 e. The Hall–Kier alpha value is -0.810. The van der Waals surface area contributed by atoms with Gasteiger partial charge in [0.05, 0.1) is 6.61 Å². The summed E-state index contributed by atoms with van der Waals surface area (Å²) in [7, 11) is 1.70. The fraction of sp³-hybridized carbons (Fsp3) is 0.625. The second-order valence-corrected chi connectivity index (χ2v) is 5.95. The number of hydrogen-bond acceptors (Lipinski definition) is 4. The fourth-order valence-corrected chi connectivity index (χ4v) is 3.08. The van der Waals surface area contributed by atoms with Gasteiger partial charge in [-0.25, -0.2) is 0 Å². The average molecular weight is 313 g/mol. The Morgan fingerprint density at radius 1 is 1.48 bits per heavy atom. The minimum atomic E-state index is 0.262. The van der Waals surface area contributed by atoms with Gasteiger partial charge in [0.15, 0.2) is 0 Å². The van der Waals surface area contributed by atoms with Crippen LogP contribution in [-0.2, 0) is 11.3 Å². The molecule has 1 aliphatic heterocycles. The molecule has 1 fully saturated rings. The number of halogens is 1.